The highest BCUT2D eigenvalue weighted by molar-refractivity contribution is 7.96. The van der Waals surface area contributed by atoms with Crippen LogP contribution in [0.1, 0.15) is 25.5 Å². The van der Waals surface area contributed by atoms with Crippen molar-refractivity contribution in [3.63, 3.8) is 0 Å². The maximum Gasteiger partial charge on any atom is 0.417 e. The first kappa shape index (κ1) is 23.3. The van der Waals surface area contributed by atoms with Crippen molar-refractivity contribution >= 4 is 27.4 Å². The number of halogens is 3. The number of carbonyl (C=O) groups is 1. The number of benzene rings is 1. The minimum atomic E-state index is -4.87. The van der Waals surface area contributed by atoms with E-state index in [9.17, 15) is 26.4 Å². The van der Waals surface area contributed by atoms with Gasteiger partial charge in [0.2, 0.25) is 0 Å². The fourth-order valence-electron chi connectivity index (χ4n) is 3.31. The van der Waals surface area contributed by atoms with Gasteiger partial charge in [-0.2, -0.15) is 13.2 Å². The largest absolute Gasteiger partial charge is 0.417 e. The lowest BCUT2D eigenvalue weighted by atomic mass is 10.1. The van der Waals surface area contributed by atoms with Crippen molar-refractivity contribution in [2.75, 3.05) is 11.1 Å². The minimum Gasteiger partial charge on any atom is -0.384 e. The van der Waals surface area contributed by atoms with E-state index in [0.29, 0.717) is 17.3 Å². The van der Waals surface area contributed by atoms with E-state index >= 15 is 0 Å². The molecular weight excluding hydrogens is 447 g/mol. The molecule has 1 aromatic heterocycles. The molecule has 0 saturated heterocycles. The van der Waals surface area contributed by atoms with Crippen LogP contribution in [0.25, 0.3) is 11.4 Å². The summed E-state index contributed by atoms with van der Waals surface area (Å²) in [5.41, 5.74) is 10.5. The Bertz CT molecular complexity index is 1220. The van der Waals surface area contributed by atoms with E-state index in [4.69, 9.17) is 11.5 Å². The third-order valence-electron chi connectivity index (χ3n) is 5.06. The van der Waals surface area contributed by atoms with E-state index < -0.39 is 37.3 Å². The molecule has 3 rings (SSSR count). The Morgan fingerprint density at radius 1 is 1.22 bits per heavy atom. The first-order valence-corrected chi connectivity index (χ1v) is 10.8. The molecule has 8 nitrogen and oxygen atoms in total. The van der Waals surface area contributed by atoms with Crippen molar-refractivity contribution < 1.29 is 26.4 Å². The monoisotopic (exact) mass is 467 g/mol. The zero-order valence-electron chi connectivity index (χ0n) is 16.9. The average molecular weight is 467 g/mol. The lowest BCUT2D eigenvalue weighted by Crippen LogP contribution is -2.28. The number of sulfone groups is 1. The Morgan fingerprint density at radius 3 is 2.28 bits per heavy atom. The Labute approximate surface area is 182 Å². The number of primary amides is 1. The van der Waals surface area contributed by atoms with Crippen LogP contribution in [0, 0.1) is 0 Å². The van der Waals surface area contributed by atoms with Crippen LogP contribution >= 0.6 is 0 Å². The highest BCUT2D eigenvalue weighted by Gasteiger charge is 2.60. The van der Waals surface area contributed by atoms with Gasteiger partial charge in [-0.15, -0.1) is 0 Å². The minimum absolute atomic E-state index is 0.00175. The number of carbonyl (C=O) groups excluding carboxylic acids is 1. The van der Waals surface area contributed by atoms with Crippen LogP contribution in [0.2, 0.25) is 0 Å². The molecule has 2 aromatic rings. The van der Waals surface area contributed by atoms with Gasteiger partial charge in [0.25, 0.3) is 0 Å². The van der Waals surface area contributed by atoms with Crippen LogP contribution in [0.15, 0.2) is 53.5 Å². The van der Waals surface area contributed by atoms with Gasteiger partial charge in [0.1, 0.15) is 10.6 Å². The molecule has 0 unspecified atom stereocenters. The summed E-state index contributed by atoms with van der Waals surface area (Å²) in [4.78, 5) is 18.3. The standard InChI is InChI=1S/C20H20F3N5O3S/c1-3-14(20(21,22)23)11(2)32(30,31)19(8-9-19)15-10-16(24)28-17(27-15)12-4-6-13(7-5-12)26-18(25)29/h3-7,10H,2,8-9H2,1H3,(H2,24,27,28)(H3,25,26,29)/b14-3+. The summed E-state index contributed by atoms with van der Waals surface area (Å²) >= 11 is 0. The number of hydrogen-bond donors (Lipinski definition) is 3. The number of nitrogens with zero attached hydrogens (tertiary/aromatic N) is 2. The summed E-state index contributed by atoms with van der Waals surface area (Å²) in [6.45, 7) is 4.33. The molecule has 1 aromatic carbocycles. The van der Waals surface area contributed by atoms with E-state index in [2.05, 4.69) is 21.9 Å². The maximum atomic E-state index is 13.3. The number of nitrogens with one attached hydrogen (secondary N) is 1. The number of nitrogens with two attached hydrogens (primary N) is 2. The molecule has 0 atom stereocenters. The number of allylic oxidation sites excluding steroid dienone is 2. The summed E-state index contributed by atoms with van der Waals surface area (Å²) in [5.74, 6) is 0.0401. The van der Waals surface area contributed by atoms with Crippen molar-refractivity contribution in [3.8, 4) is 11.4 Å². The number of hydrogen-bond acceptors (Lipinski definition) is 6. The number of nitrogen functional groups attached to an aromatic ring is 1. The quantitative estimate of drug-likeness (QED) is 0.554. The summed E-state index contributed by atoms with van der Waals surface area (Å²) in [6.07, 6.45) is -4.05. The molecule has 5 N–H and O–H groups in total. The summed E-state index contributed by atoms with van der Waals surface area (Å²) < 4.78 is 64.6. The zero-order chi connectivity index (χ0) is 23.9. The van der Waals surface area contributed by atoms with Gasteiger partial charge in [0.05, 0.1) is 16.2 Å². The van der Waals surface area contributed by atoms with E-state index in [1.54, 1.807) is 12.1 Å². The first-order valence-electron chi connectivity index (χ1n) is 9.31. The fraction of sp³-hybridized carbons (Fsp3) is 0.250. The molecule has 0 aliphatic heterocycles. The first-order chi connectivity index (χ1) is 14.8. The Morgan fingerprint density at radius 2 is 1.81 bits per heavy atom. The van der Waals surface area contributed by atoms with Gasteiger partial charge in [0.15, 0.2) is 15.7 Å². The van der Waals surface area contributed by atoms with Crippen molar-refractivity contribution in [3.05, 3.63) is 59.2 Å². The molecule has 1 heterocycles. The third kappa shape index (κ3) is 4.17. The second-order valence-electron chi connectivity index (χ2n) is 7.19. The number of rotatable bonds is 6. The van der Waals surface area contributed by atoms with E-state index in [1.165, 1.54) is 18.2 Å². The number of anilines is 2. The molecule has 170 valence electrons. The lowest BCUT2D eigenvalue weighted by molar-refractivity contribution is -0.0887. The van der Waals surface area contributed by atoms with Gasteiger partial charge in [-0.25, -0.2) is 23.2 Å². The predicted molar refractivity (Wildman–Crippen MR) is 114 cm³/mol. The number of aromatic nitrogens is 2. The molecule has 0 spiro atoms. The van der Waals surface area contributed by atoms with Gasteiger partial charge in [-0.1, -0.05) is 12.7 Å². The van der Waals surface area contributed by atoms with Gasteiger partial charge < -0.3 is 16.8 Å². The molecule has 0 bridgehead atoms. The van der Waals surface area contributed by atoms with Gasteiger partial charge in [0, 0.05) is 17.3 Å². The highest BCUT2D eigenvalue weighted by Crippen LogP contribution is 2.56. The van der Waals surface area contributed by atoms with E-state index in [0.717, 1.165) is 6.92 Å². The molecule has 0 radical (unpaired) electrons. The Balaban J connectivity index is 2.02. The number of alkyl halides is 3. The molecule has 1 saturated carbocycles. The summed E-state index contributed by atoms with van der Waals surface area (Å²) in [5, 5.41) is 2.39. The summed E-state index contributed by atoms with van der Waals surface area (Å²) in [7, 11) is -4.50. The molecule has 12 heteroatoms. The van der Waals surface area contributed by atoms with Crippen LogP contribution < -0.4 is 16.8 Å². The van der Waals surface area contributed by atoms with Crippen molar-refractivity contribution in [1.29, 1.82) is 0 Å². The smallest absolute Gasteiger partial charge is 0.384 e. The van der Waals surface area contributed by atoms with E-state index in [1.807, 2.05) is 0 Å². The van der Waals surface area contributed by atoms with Gasteiger partial charge in [-0.3, -0.25) is 0 Å². The zero-order valence-corrected chi connectivity index (χ0v) is 17.7. The van der Waals surface area contributed by atoms with Crippen LogP contribution in [0.5, 0.6) is 0 Å². The molecule has 1 fully saturated rings. The molecule has 2 amide bonds. The summed E-state index contributed by atoms with van der Waals surface area (Å²) in [6, 6.07) is 6.66. The Hall–Kier alpha value is -3.41. The van der Waals surface area contributed by atoms with Crippen LogP contribution in [-0.4, -0.2) is 30.6 Å². The second kappa shape index (κ2) is 7.93. The normalized spacial score (nSPS) is 15.8. The maximum absolute atomic E-state index is 13.3. The van der Waals surface area contributed by atoms with E-state index in [-0.39, 0.29) is 30.2 Å². The van der Waals surface area contributed by atoms with Crippen molar-refractivity contribution in [2.24, 2.45) is 5.73 Å². The van der Waals surface area contributed by atoms with Gasteiger partial charge in [-0.05, 0) is 44.0 Å². The molecular formula is C20H20F3N5O3S. The highest BCUT2D eigenvalue weighted by atomic mass is 32.2. The Kier molecular flexibility index (Phi) is 5.77. The second-order valence-corrected chi connectivity index (χ2v) is 9.47. The SMILES string of the molecule is C=C(/C(=C\C)C(F)(F)F)S(=O)(=O)C1(c2cc(N)nc(-c3ccc(NC(N)=O)cc3)n2)CC1. The van der Waals surface area contributed by atoms with Gasteiger partial charge >= 0.3 is 12.2 Å². The van der Waals surface area contributed by atoms with Crippen molar-refractivity contribution in [2.45, 2.75) is 30.7 Å². The lowest BCUT2D eigenvalue weighted by Gasteiger charge is -2.21. The number of urea groups is 1. The van der Waals surface area contributed by atoms with Crippen LogP contribution in [0.4, 0.5) is 29.5 Å². The average Bonchev–Trinajstić information content (AvgIpc) is 3.49. The molecule has 32 heavy (non-hydrogen) atoms. The van der Waals surface area contributed by atoms with Crippen LogP contribution in [-0.2, 0) is 14.6 Å². The number of amides is 2. The van der Waals surface area contributed by atoms with Crippen LogP contribution in [0.3, 0.4) is 0 Å². The third-order valence-corrected chi connectivity index (χ3v) is 7.58. The predicted octanol–water partition coefficient (Wildman–Crippen LogP) is 3.64. The molecule has 1 aliphatic carbocycles. The topological polar surface area (TPSA) is 141 Å². The van der Waals surface area contributed by atoms with Crippen molar-refractivity contribution in [1.82, 2.24) is 9.97 Å². The molecule has 1 aliphatic rings. The fourth-order valence-corrected chi connectivity index (χ4v) is 5.33.